The van der Waals surface area contributed by atoms with Crippen LogP contribution >= 0.6 is 15.9 Å². The van der Waals surface area contributed by atoms with E-state index in [-0.39, 0.29) is 0 Å². The monoisotopic (exact) mass is 342 g/mol. The molecule has 3 aromatic rings. The van der Waals surface area contributed by atoms with Crippen LogP contribution in [0.15, 0.2) is 65.8 Å². The van der Waals surface area contributed by atoms with E-state index in [0.29, 0.717) is 6.54 Å². The normalized spacial score (nSPS) is 10.5. The maximum atomic E-state index is 4.41. The van der Waals surface area contributed by atoms with Crippen molar-refractivity contribution in [2.75, 3.05) is 5.32 Å². The summed E-state index contributed by atoms with van der Waals surface area (Å²) < 4.78 is 2.91. The Bertz CT molecular complexity index is 710. The van der Waals surface area contributed by atoms with E-state index in [1.807, 2.05) is 30.7 Å². The lowest BCUT2D eigenvalue weighted by molar-refractivity contribution is 0.797. The van der Waals surface area contributed by atoms with Gasteiger partial charge in [0.1, 0.15) is 4.60 Å². The predicted octanol–water partition coefficient (Wildman–Crippen LogP) is 3.70. The topological polar surface area (TPSA) is 42.7 Å². The van der Waals surface area contributed by atoms with Gasteiger partial charge in [0.15, 0.2) is 0 Å². The van der Waals surface area contributed by atoms with E-state index in [1.165, 1.54) is 5.56 Å². The van der Waals surface area contributed by atoms with Crippen LogP contribution < -0.4 is 5.32 Å². The lowest BCUT2D eigenvalue weighted by Gasteiger charge is -2.09. The number of imidazole rings is 1. The minimum Gasteiger partial charge on any atom is -0.379 e. The summed E-state index contributed by atoms with van der Waals surface area (Å²) in [5.41, 5.74) is 3.33. The number of rotatable bonds is 5. The van der Waals surface area contributed by atoms with Crippen molar-refractivity contribution in [2.45, 2.75) is 13.1 Å². The number of anilines is 1. The Morgan fingerprint density at radius 2 is 2.05 bits per heavy atom. The fourth-order valence-corrected chi connectivity index (χ4v) is 2.49. The first-order valence-electron chi connectivity index (χ1n) is 6.69. The van der Waals surface area contributed by atoms with Gasteiger partial charge in [-0.2, -0.15) is 0 Å². The second kappa shape index (κ2) is 6.54. The molecule has 0 aliphatic heterocycles. The van der Waals surface area contributed by atoms with Gasteiger partial charge in [0, 0.05) is 24.6 Å². The molecule has 4 nitrogen and oxygen atoms in total. The van der Waals surface area contributed by atoms with Crippen molar-refractivity contribution in [3.8, 4) is 0 Å². The molecule has 3 rings (SSSR count). The van der Waals surface area contributed by atoms with Gasteiger partial charge in [-0.05, 0) is 45.8 Å². The molecule has 0 saturated carbocycles. The van der Waals surface area contributed by atoms with E-state index >= 15 is 0 Å². The minimum absolute atomic E-state index is 0.702. The van der Waals surface area contributed by atoms with Crippen molar-refractivity contribution in [3.05, 3.63) is 77.0 Å². The quantitative estimate of drug-likeness (QED) is 0.719. The van der Waals surface area contributed by atoms with Crippen LogP contribution in [0.1, 0.15) is 11.3 Å². The van der Waals surface area contributed by atoms with Crippen molar-refractivity contribution in [3.63, 3.8) is 0 Å². The van der Waals surface area contributed by atoms with Crippen molar-refractivity contribution < 1.29 is 0 Å². The average molecular weight is 343 g/mol. The van der Waals surface area contributed by atoms with Gasteiger partial charge in [0.2, 0.25) is 0 Å². The third kappa shape index (κ3) is 3.92. The third-order valence-electron chi connectivity index (χ3n) is 3.10. The summed E-state index contributed by atoms with van der Waals surface area (Å²) in [5, 5.41) is 3.40. The number of aromatic nitrogens is 3. The van der Waals surface area contributed by atoms with E-state index in [9.17, 15) is 0 Å². The Balaban J connectivity index is 1.66. The van der Waals surface area contributed by atoms with Gasteiger partial charge in [-0.15, -0.1) is 0 Å². The average Bonchev–Trinajstić information content (AvgIpc) is 2.99. The highest BCUT2D eigenvalue weighted by molar-refractivity contribution is 9.10. The molecular weight excluding hydrogens is 328 g/mol. The van der Waals surface area contributed by atoms with Gasteiger partial charge in [0.25, 0.3) is 0 Å². The Morgan fingerprint density at radius 1 is 1.14 bits per heavy atom. The number of hydrogen-bond acceptors (Lipinski definition) is 3. The predicted molar refractivity (Wildman–Crippen MR) is 87.0 cm³/mol. The van der Waals surface area contributed by atoms with Crippen LogP contribution in [0.2, 0.25) is 0 Å². The summed E-state index contributed by atoms with van der Waals surface area (Å²) in [6.07, 6.45) is 5.58. The lowest BCUT2D eigenvalue weighted by atomic mass is 10.2. The van der Waals surface area contributed by atoms with Crippen LogP contribution in [-0.4, -0.2) is 14.5 Å². The first kappa shape index (κ1) is 13.8. The van der Waals surface area contributed by atoms with Crippen LogP contribution in [0.4, 0.5) is 5.69 Å². The molecule has 2 heterocycles. The summed E-state index contributed by atoms with van der Waals surface area (Å²) in [7, 11) is 0. The number of nitrogens with one attached hydrogen (secondary N) is 1. The summed E-state index contributed by atoms with van der Waals surface area (Å²) >= 11 is 3.39. The molecule has 0 spiro atoms. The highest BCUT2D eigenvalue weighted by Gasteiger charge is 1.99. The summed E-state index contributed by atoms with van der Waals surface area (Å²) in [4.78, 5) is 8.47. The molecule has 0 aliphatic rings. The minimum atomic E-state index is 0.702. The highest BCUT2D eigenvalue weighted by atomic mass is 79.9. The van der Waals surface area contributed by atoms with Crippen molar-refractivity contribution in [2.24, 2.45) is 0 Å². The number of pyridine rings is 1. The maximum Gasteiger partial charge on any atom is 0.106 e. The molecule has 0 bridgehead atoms. The first-order chi connectivity index (χ1) is 10.3. The molecule has 0 amide bonds. The third-order valence-corrected chi connectivity index (χ3v) is 3.54. The van der Waals surface area contributed by atoms with Gasteiger partial charge >= 0.3 is 0 Å². The Labute approximate surface area is 132 Å². The Kier molecular flexibility index (Phi) is 4.31. The second-order valence-corrected chi connectivity index (χ2v) is 5.55. The molecule has 0 unspecified atom stereocenters. The highest BCUT2D eigenvalue weighted by Crippen LogP contribution is 2.14. The zero-order valence-electron chi connectivity index (χ0n) is 11.4. The largest absolute Gasteiger partial charge is 0.379 e. The summed E-state index contributed by atoms with van der Waals surface area (Å²) in [5.74, 6) is 0. The van der Waals surface area contributed by atoms with Gasteiger partial charge in [-0.1, -0.05) is 18.2 Å². The number of benzene rings is 1. The van der Waals surface area contributed by atoms with Crippen LogP contribution in [0.25, 0.3) is 0 Å². The molecule has 5 heteroatoms. The molecule has 1 aromatic carbocycles. The van der Waals surface area contributed by atoms with Gasteiger partial charge in [-0.3, -0.25) is 0 Å². The lowest BCUT2D eigenvalue weighted by Crippen LogP contribution is -2.03. The number of nitrogens with zero attached hydrogens (tertiary/aromatic N) is 3. The molecular formula is C16H15BrN4. The first-order valence-corrected chi connectivity index (χ1v) is 7.49. The molecule has 2 aromatic heterocycles. The van der Waals surface area contributed by atoms with E-state index in [2.05, 4.69) is 60.0 Å². The number of hydrogen-bond donors (Lipinski definition) is 1. The zero-order valence-corrected chi connectivity index (χ0v) is 13.0. The van der Waals surface area contributed by atoms with Crippen LogP contribution in [-0.2, 0) is 13.1 Å². The van der Waals surface area contributed by atoms with Gasteiger partial charge in [0.05, 0.1) is 18.6 Å². The van der Waals surface area contributed by atoms with E-state index in [0.717, 1.165) is 22.5 Å². The molecule has 0 saturated heterocycles. The van der Waals surface area contributed by atoms with Crippen molar-refractivity contribution in [1.82, 2.24) is 14.5 Å². The molecule has 0 atom stereocenters. The van der Waals surface area contributed by atoms with Crippen LogP contribution in [0.5, 0.6) is 0 Å². The Morgan fingerprint density at radius 3 is 2.86 bits per heavy atom. The SMILES string of the molecule is Brc1cccc(CNc2cccc(Cn3ccnc3)c2)n1. The van der Waals surface area contributed by atoms with E-state index < -0.39 is 0 Å². The zero-order chi connectivity index (χ0) is 14.5. The van der Waals surface area contributed by atoms with Crippen molar-refractivity contribution >= 4 is 21.6 Å². The molecule has 0 radical (unpaired) electrons. The standard InChI is InChI=1S/C16H15BrN4/c17-16-6-2-5-15(20-16)10-19-14-4-1-3-13(9-14)11-21-8-7-18-12-21/h1-9,12,19H,10-11H2. The van der Waals surface area contributed by atoms with Gasteiger partial charge in [-0.25, -0.2) is 9.97 Å². The fourth-order valence-electron chi connectivity index (χ4n) is 2.11. The van der Waals surface area contributed by atoms with E-state index in [1.54, 1.807) is 6.20 Å². The smallest absolute Gasteiger partial charge is 0.106 e. The maximum absolute atomic E-state index is 4.41. The Hall–Kier alpha value is -2.14. The number of halogens is 1. The van der Waals surface area contributed by atoms with Crippen molar-refractivity contribution in [1.29, 1.82) is 0 Å². The summed E-state index contributed by atoms with van der Waals surface area (Å²) in [6, 6.07) is 14.3. The van der Waals surface area contributed by atoms with Crippen LogP contribution in [0.3, 0.4) is 0 Å². The molecule has 0 fully saturated rings. The van der Waals surface area contributed by atoms with Gasteiger partial charge < -0.3 is 9.88 Å². The molecule has 1 N–H and O–H groups in total. The second-order valence-electron chi connectivity index (χ2n) is 4.74. The molecule has 106 valence electrons. The molecule has 21 heavy (non-hydrogen) atoms. The summed E-state index contributed by atoms with van der Waals surface area (Å²) in [6.45, 7) is 1.53. The van der Waals surface area contributed by atoms with E-state index in [4.69, 9.17) is 0 Å². The van der Waals surface area contributed by atoms with Crippen LogP contribution in [0, 0.1) is 0 Å². The molecule has 0 aliphatic carbocycles. The fraction of sp³-hybridized carbons (Fsp3) is 0.125.